The first-order valence-corrected chi connectivity index (χ1v) is 9.55. The molecule has 2 aromatic rings. The minimum Gasteiger partial charge on any atom is -0.384 e. The summed E-state index contributed by atoms with van der Waals surface area (Å²) in [5.74, 6) is 6.60. The number of nitrogens with zero attached hydrogens (tertiary/aromatic N) is 2. The fourth-order valence-electron chi connectivity index (χ4n) is 3.93. The van der Waals surface area contributed by atoms with Crippen molar-refractivity contribution in [3.63, 3.8) is 0 Å². The van der Waals surface area contributed by atoms with Crippen LogP contribution in [0.1, 0.15) is 23.5 Å². The van der Waals surface area contributed by atoms with Crippen LogP contribution in [0.4, 0.5) is 5.69 Å². The van der Waals surface area contributed by atoms with Gasteiger partial charge in [-0.2, -0.15) is 0 Å². The molecule has 0 aromatic heterocycles. The van der Waals surface area contributed by atoms with Crippen LogP contribution < -0.4 is 4.90 Å². The van der Waals surface area contributed by atoms with Crippen LogP contribution in [0.15, 0.2) is 54.6 Å². The van der Waals surface area contributed by atoms with Gasteiger partial charge in [0, 0.05) is 37.7 Å². The molecule has 1 amide bonds. The van der Waals surface area contributed by atoms with E-state index in [1.54, 1.807) is 0 Å². The van der Waals surface area contributed by atoms with E-state index in [-0.39, 0.29) is 12.5 Å². The number of anilines is 1. The third-order valence-electron chi connectivity index (χ3n) is 5.47. The Hall–Kier alpha value is -2.77. The molecule has 4 rings (SSSR count). The van der Waals surface area contributed by atoms with Crippen molar-refractivity contribution in [2.45, 2.75) is 12.3 Å². The van der Waals surface area contributed by atoms with Gasteiger partial charge in [0.05, 0.1) is 5.69 Å². The number of aliphatic hydroxyl groups excluding tert-OH is 1. The molecular weight excluding hydrogens is 336 g/mol. The number of amides is 1. The fraction of sp³-hybridized carbons (Fsp3) is 0.348. The van der Waals surface area contributed by atoms with Gasteiger partial charge in [-0.05, 0) is 30.0 Å². The molecule has 0 bridgehead atoms. The van der Waals surface area contributed by atoms with Gasteiger partial charge >= 0.3 is 0 Å². The molecule has 4 nitrogen and oxygen atoms in total. The molecule has 1 saturated carbocycles. The first-order valence-electron chi connectivity index (χ1n) is 9.55. The van der Waals surface area contributed by atoms with Crippen LogP contribution in [-0.4, -0.2) is 48.7 Å². The van der Waals surface area contributed by atoms with Crippen LogP contribution in [0, 0.1) is 17.8 Å². The zero-order valence-corrected chi connectivity index (χ0v) is 15.3. The van der Waals surface area contributed by atoms with Crippen molar-refractivity contribution in [2.24, 2.45) is 5.92 Å². The number of rotatable bonds is 3. The molecule has 1 aliphatic carbocycles. The Kier molecular flexibility index (Phi) is 5.13. The minimum atomic E-state index is -0.138. The molecule has 138 valence electrons. The van der Waals surface area contributed by atoms with Crippen molar-refractivity contribution < 1.29 is 9.90 Å². The van der Waals surface area contributed by atoms with Crippen LogP contribution in [0.3, 0.4) is 0 Å². The molecule has 27 heavy (non-hydrogen) atoms. The molecule has 0 unspecified atom stereocenters. The van der Waals surface area contributed by atoms with Gasteiger partial charge in [0.15, 0.2) is 0 Å². The fourth-order valence-corrected chi connectivity index (χ4v) is 3.93. The number of carbonyl (C=O) groups is 1. The van der Waals surface area contributed by atoms with Gasteiger partial charge in [-0.1, -0.05) is 54.3 Å². The highest BCUT2D eigenvalue weighted by Gasteiger charge is 2.46. The molecule has 4 heteroatoms. The van der Waals surface area contributed by atoms with Crippen LogP contribution in [0.5, 0.6) is 0 Å². The second kappa shape index (κ2) is 7.85. The number of carbonyl (C=O) groups excluding carboxylic acids is 1. The van der Waals surface area contributed by atoms with Crippen LogP contribution in [0.2, 0.25) is 0 Å². The van der Waals surface area contributed by atoms with Crippen molar-refractivity contribution in [3.05, 3.63) is 65.7 Å². The summed E-state index contributed by atoms with van der Waals surface area (Å²) in [6.45, 7) is 2.98. The second-order valence-electron chi connectivity index (χ2n) is 7.15. The Morgan fingerprint density at radius 3 is 2.44 bits per heavy atom. The molecule has 1 N–H and O–H groups in total. The van der Waals surface area contributed by atoms with E-state index in [0.29, 0.717) is 11.8 Å². The number of piperazine rings is 1. The SMILES string of the molecule is O=C([C@@H]1C[C@@H]1c1ccccc1)N1CCN(c2ccccc2C#CCO)CC1. The average Bonchev–Trinajstić information content (AvgIpc) is 3.54. The van der Waals surface area contributed by atoms with Gasteiger partial charge in [-0.15, -0.1) is 0 Å². The lowest BCUT2D eigenvalue weighted by molar-refractivity contribution is -0.132. The van der Waals surface area contributed by atoms with Gasteiger partial charge in [0.2, 0.25) is 5.91 Å². The molecular formula is C23H24N2O2. The topological polar surface area (TPSA) is 43.8 Å². The molecule has 2 atom stereocenters. The highest BCUT2D eigenvalue weighted by molar-refractivity contribution is 5.83. The Bertz CT molecular complexity index is 861. The number of benzene rings is 2. The number of para-hydroxylation sites is 1. The lowest BCUT2D eigenvalue weighted by Crippen LogP contribution is -2.49. The van der Waals surface area contributed by atoms with Crippen LogP contribution in [0.25, 0.3) is 0 Å². The Balaban J connectivity index is 1.37. The van der Waals surface area contributed by atoms with Gasteiger partial charge in [-0.25, -0.2) is 0 Å². The van der Waals surface area contributed by atoms with Crippen molar-refractivity contribution in [3.8, 4) is 11.8 Å². The third-order valence-corrected chi connectivity index (χ3v) is 5.47. The minimum absolute atomic E-state index is 0.138. The predicted molar refractivity (Wildman–Crippen MR) is 106 cm³/mol. The van der Waals surface area contributed by atoms with Gasteiger partial charge in [0.1, 0.15) is 6.61 Å². The maximum atomic E-state index is 12.9. The van der Waals surface area contributed by atoms with E-state index in [9.17, 15) is 4.79 Å². The maximum absolute atomic E-state index is 12.9. The van der Waals surface area contributed by atoms with E-state index >= 15 is 0 Å². The van der Waals surface area contributed by atoms with Crippen molar-refractivity contribution in [1.82, 2.24) is 4.90 Å². The summed E-state index contributed by atoms with van der Waals surface area (Å²) < 4.78 is 0. The van der Waals surface area contributed by atoms with Gasteiger partial charge in [0.25, 0.3) is 0 Å². The summed E-state index contributed by atoms with van der Waals surface area (Å²) in [6, 6.07) is 18.4. The van der Waals surface area contributed by atoms with Crippen molar-refractivity contribution in [1.29, 1.82) is 0 Å². The first-order chi connectivity index (χ1) is 13.3. The predicted octanol–water partition coefficient (Wildman–Crippen LogP) is 2.48. The van der Waals surface area contributed by atoms with Crippen LogP contribution in [-0.2, 0) is 4.79 Å². The van der Waals surface area contributed by atoms with Crippen molar-refractivity contribution >= 4 is 11.6 Å². The van der Waals surface area contributed by atoms with E-state index in [1.807, 2.05) is 41.3 Å². The zero-order chi connectivity index (χ0) is 18.6. The van der Waals surface area contributed by atoms with E-state index in [0.717, 1.165) is 43.9 Å². The lowest BCUT2D eigenvalue weighted by Gasteiger charge is -2.36. The second-order valence-corrected chi connectivity index (χ2v) is 7.15. The molecule has 0 spiro atoms. The highest BCUT2D eigenvalue weighted by atomic mass is 16.2. The van der Waals surface area contributed by atoms with E-state index in [4.69, 9.17) is 5.11 Å². The lowest BCUT2D eigenvalue weighted by atomic mass is 10.1. The normalized spacial score (nSPS) is 21.4. The smallest absolute Gasteiger partial charge is 0.226 e. The number of aliphatic hydroxyl groups is 1. The van der Waals surface area contributed by atoms with Crippen molar-refractivity contribution in [2.75, 3.05) is 37.7 Å². The van der Waals surface area contributed by atoms with Gasteiger partial charge in [-0.3, -0.25) is 4.79 Å². The highest BCUT2D eigenvalue weighted by Crippen LogP contribution is 2.48. The Morgan fingerprint density at radius 1 is 1.00 bits per heavy atom. The molecule has 1 heterocycles. The Labute approximate surface area is 160 Å². The maximum Gasteiger partial charge on any atom is 0.226 e. The van der Waals surface area contributed by atoms with Crippen LogP contribution >= 0.6 is 0 Å². The summed E-state index contributed by atoms with van der Waals surface area (Å²) in [4.78, 5) is 17.2. The standard InChI is InChI=1S/C23H24N2O2/c26-16-6-10-19-9-4-5-11-22(19)24-12-14-25(15-13-24)23(27)21-17-20(21)18-7-2-1-3-8-18/h1-5,7-9,11,20-21,26H,12-17H2/t20-,21-/m1/s1. The van der Waals surface area contributed by atoms with E-state index < -0.39 is 0 Å². The molecule has 2 aromatic carbocycles. The summed E-state index contributed by atoms with van der Waals surface area (Å²) >= 11 is 0. The summed E-state index contributed by atoms with van der Waals surface area (Å²) in [7, 11) is 0. The first kappa shape index (κ1) is 17.6. The largest absolute Gasteiger partial charge is 0.384 e. The number of hydrogen-bond donors (Lipinski definition) is 1. The molecule has 0 radical (unpaired) electrons. The van der Waals surface area contributed by atoms with E-state index in [2.05, 4.69) is 34.9 Å². The zero-order valence-electron chi connectivity index (χ0n) is 15.3. The molecule has 1 saturated heterocycles. The summed E-state index contributed by atoms with van der Waals surface area (Å²) in [6.07, 6.45) is 0.975. The molecule has 1 aliphatic heterocycles. The van der Waals surface area contributed by atoms with Gasteiger partial charge < -0.3 is 14.9 Å². The molecule has 2 fully saturated rings. The molecule has 2 aliphatic rings. The average molecular weight is 360 g/mol. The monoisotopic (exact) mass is 360 g/mol. The Morgan fingerprint density at radius 2 is 1.70 bits per heavy atom. The quantitative estimate of drug-likeness (QED) is 0.856. The number of hydrogen-bond acceptors (Lipinski definition) is 3. The van der Waals surface area contributed by atoms with E-state index in [1.165, 1.54) is 5.56 Å². The third kappa shape index (κ3) is 3.84. The summed E-state index contributed by atoms with van der Waals surface area (Å²) in [5, 5.41) is 8.95. The summed E-state index contributed by atoms with van der Waals surface area (Å²) in [5.41, 5.74) is 3.29.